The molecule has 0 spiro atoms. The van der Waals surface area contributed by atoms with Gasteiger partial charge in [0.2, 0.25) is 0 Å². The van der Waals surface area contributed by atoms with E-state index in [1.165, 1.54) is 12.0 Å². The summed E-state index contributed by atoms with van der Waals surface area (Å²) in [7, 11) is 0. The topological polar surface area (TPSA) is 12.0 Å². The van der Waals surface area contributed by atoms with Crippen LogP contribution in [0.1, 0.15) is 39.0 Å². The molecular weight excluding hydrogens is 230 g/mol. The Hall–Kier alpha value is 0.625. The third-order valence-corrected chi connectivity index (χ3v) is 3.55. The molecule has 0 unspecified atom stereocenters. The monoisotopic (exact) mass is 253 g/mol. The number of hydrogen-bond donors (Lipinski definition) is 1. The largest absolute Gasteiger partial charge is 1.00 e. The van der Waals surface area contributed by atoms with Crippen molar-refractivity contribution in [3.05, 3.63) is 11.6 Å². The second-order valence-electron chi connectivity index (χ2n) is 4.98. The average molecular weight is 253 g/mol. The first-order chi connectivity index (χ1) is 7.07. The Balaban J connectivity index is 0.00000128. The standard InChI is InChI=1S/C12H19F2N.BH4.Na/c1-9-2-3-11(15-8-9)10-4-6-12(13,14)7-5-10;;/h4,9,11,15H,2-3,5-8H2,1H3;1H4;/q;-1;+1/t9-,11+;;/m0../s1. The number of alkyl halides is 2. The van der Waals surface area contributed by atoms with Crippen LogP contribution in [-0.4, -0.2) is 26.9 Å². The first-order valence-electron chi connectivity index (χ1n) is 5.87. The number of allylic oxidation sites excluding steroid dienone is 1. The van der Waals surface area contributed by atoms with Gasteiger partial charge in [0, 0.05) is 18.9 Å². The summed E-state index contributed by atoms with van der Waals surface area (Å²) < 4.78 is 25.9. The molecule has 2 aliphatic rings. The van der Waals surface area contributed by atoms with Crippen LogP contribution >= 0.6 is 0 Å². The van der Waals surface area contributed by atoms with Gasteiger partial charge in [-0.1, -0.05) is 27.0 Å². The Bertz CT molecular complexity index is 263. The predicted octanol–water partition coefficient (Wildman–Crippen LogP) is -1.33. The molecule has 0 saturated carbocycles. The molecule has 1 aliphatic carbocycles. The fraction of sp³-hybridized carbons (Fsp3) is 0.833. The molecular formula is C12H23BF2NNa. The van der Waals surface area contributed by atoms with Crippen molar-refractivity contribution in [1.29, 1.82) is 0 Å². The van der Waals surface area contributed by atoms with Gasteiger partial charge in [0.1, 0.15) is 0 Å². The van der Waals surface area contributed by atoms with Crippen molar-refractivity contribution >= 4 is 8.41 Å². The molecule has 94 valence electrons. The average Bonchev–Trinajstić information content (AvgIpc) is 2.20. The number of rotatable bonds is 1. The summed E-state index contributed by atoms with van der Waals surface area (Å²) in [6.07, 6.45) is 4.63. The zero-order valence-electron chi connectivity index (χ0n) is 10.2. The van der Waals surface area contributed by atoms with Gasteiger partial charge in [0.15, 0.2) is 0 Å². The van der Waals surface area contributed by atoms with Crippen molar-refractivity contribution in [3.8, 4) is 0 Å². The summed E-state index contributed by atoms with van der Waals surface area (Å²) in [5.74, 6) is -1.72. The molecule has 0 aromatic carbocycles. The van der Waals surface area contributed by atoms with Crippen molar-refractivity contribution in [3.63, 3.8) is 0 Å². The summed E-state index contributed by atoms with van der Waals surface area (Å²) in [6.45, 7) is 3.25. The molecule has 0 aromatic heterocycles. The van der Waals surface area contributed by atoms with Crippen LogP contribution in [0.3, 0.4) is 0 Å². The first-order valence-corrected chi connectivity index (χ1v) is 5.87. The summed E-state index contributed by atoms with van der Waals surface area (Å²) >= 11 is 0. The van der Waals surface area contributed by atoms with Gasteiger partial charge >= 0.3 is 29.6 Å². The normalized spacial score (nSPS) is 31.8. The summed E-state index contributed by atoms with van der Waals surface area (Å²) in [4.78, 5) is 0. The van der Waals surface area contributed by atoms with E-state index in [0.717, 1.165) is 18.9 Å². The first kappa shape index (κ1) is 17.6. The minimum Gasteiger partial charge on any atom is -0.310 e. The molecule has 5 heteroatoms. The van der Waals surface area contributed by atoms with Gasteiger partial charge in [-0.2, -0.15) is 0 Å². The second kappa shape index (κ2) is 7.27. The molecule has 1 saturated heterocycles. The van der Waals surface area contributed by atoms with Crippen LogP contribution in [0.25, 0.3) is 0 Å². The van der Waals surface area contributed by atoms with Gasteiger partial charge < -0.3 is 5.32 Å². The van der Waals surface area contributed by atoms with Crippen molar-refractivity contribution in [2.45, 2.75) is 51.0 Å². The van der Waals surface area contributed by atoms with Crippen molar-refractivity contribution in [2.75, 3.05) is 6.54 Å². The molecule has 0 aromatic rings. The van der Waals surface area contributed by atoms with Gasteiger partial charge in [0.05, 0.1) is 0 Å². The molecule has 2 atom stereocenters. The van der Waals surface area contributed by atoms with Gasteiger partial charge in [-0.3, -0.25) is 0 Å². The van der Waals surface area contributed by atoms with Gasteiger partial charge in [-0.15, -0.1) is 0 Å². The Labute approximate surface area is 127 Å². The van der Waals surface area contributed by atoms with E-state index < -0.39 is 5.92 Å². The molecule has 1 nitrogen and oxygen atoms in total. The summed E-state index contributed by atoms with van der Waals surface area (Å²) in [5.41, 5.74) is 1.22. The fourth-order valence-corrected chi connectivity index (χ4v) is 2.44. The van der Waals surface area contributed by atoms with Gasteiger partial charge in [0.25, 0.3) is 5.92 Å². The Kier molecular flexibility index (Phi) is 7.54. The molecule has 17 heavy (non-hydrogen) atoms. The van der Waals surface area contributed by atoms with Crippen LogP contribution < -0.4 is 34.9 Å². The molecule has 1 fully saturated rings. The zero-order chi connectivity index (χ0) is 10.9. The van der Waals surface area contributed by atoms with Crippen LogP contribution in [0.15, 0.2) is 11.6 Å². The van der Waals surface area contributed by atoms with E-state index in [9.17, 15) is 8.78 Å². The van der Waals surface area contributed by atoms with Crippen LogP contribution in [-0.2, 0) is 0 Å². The van der Waals surface area contributed by atoms with E-state index in [-0.39, 0.29) is 50.8 Å². The fourth-order valence-electron chi connectivity index (χ4n) is 2.44. The third-order valence-electron chi connectivity index (χ3n) is 3.55. The van der Waals surface area contributed by atoms with Crippen molar-refractivity contribution in [1.82, 2.24) is 5.32 Å². The van der Waals surface area contributed by atoms with Crippen LogP contribution in [0.2, 0.25) is 0 Å². The third kappa shape index (κ3) is 5.02. The summed E-state index contributed by atoms with van der Waals surface area (Å²) in [5, 5.41) is 3.45. The van der Waals surface area contributed by atoms with Gasteiger partial charge in [-0.05, 0) is 31.7 Å². The number of hydrogen-bond acceptors (Lipinski definition) is 1. The van der Waals surface area contributed by atoms with Crippen LogP contribution in [0, 0.1) is 5.92 Å². The molecule has 2 rings (SSSR count). The zero-order valence-corrected chi connectivity index (χ0v) is 12.2. The maximum Gasteiger partial charge on any atom is 1.00 e. The number of halogens is 2. The minimum absolute atomic E-state index is 0. The van der Waals surface area contributed by atoms with E-state index in [2.05, 4.69) is 12.2 Å². The maximum absolute atomic E-state index is 12.9. The Morgan fingerprint density at radius 2 is 2.06 bits per heavy atom. The van der Waals surface area contributed by atoms with Crippen molar-refractivity contribution < 1.29 is 38.3 Å². The molecule has 1 N–H and O–H groups in total. The Morgan fingerprint density at radius 3 is 2.53 bits per heavy atom. The SMILES string of the molecule is C[C@H]1CC[C@H](C2=CCC(F)(F)CC2)NC1.[BH4-].[Na+]. The van der Waals surface area contributed by atoms with Crippen LogP contribution in [0.5, 0.6) is 0 Å². The van der Waals surface area contributed by atoms with Crippen molar-refractivity contribution in [2.24, 2.45) is 5.92 Å². The number of nitrogens with one attached hydrogen (secondary N) is 1. The molecule has 1 aliphatic heterocycles. The van der Waals surface area contributed by atoms with Gasteiger partial charge in [-0.25, -0.2) is 8.78 Å². The van der Waals surface area contributed by atoms with Crippen LogP contribution in [0.4, 0.5) is 8.78 Å². The molecule has 1 heterocycles. The van der Waals surface area contributed by atoms with E-state index in [4.69, 9.17) is 0 Å². The Morgan fingerprint density at radius 1 is 1.35 bits per heavy atom. The van der Waals surface area contributed by atoms with E-state index in [1.807, 2.05) is 0 Å². The molecule has 0 bridgehead atoms. The van der Waals surface area contributed by atoms with E-state index >= 15 is 0 Å². The smallest absolute Gasteiger partial charge is 0.310 e. The predicted molar refractivity (Wildman–Crippen MR) is 68.4 cm³/mol. The molecule has 0 radical (unpaired) electrons. The van der Waals surface area contributed by atoms with E-state index in [1.54, 1.807) is 6.08 Å². The maximum atomic E-state index is 12.9. The summed E-state index contributed by atoms with van der Waals surface area (Å²) in [6, 6.07) is 0.372. The molecule has 0 amide bonds. The number of piperidine rings is 1. The second-order valence-corrected chi connectivity index (χ2v) is 4.98. The van der Waals surface area contributed by atoms with E-state index in [0.29, 0.717) is 12.5 Å². The minimum atomic E-state index is -2.45. The quantitative estimate of drug-likeness (QED) is 0.451.